The van der Waals surface area contributed by atoms with E-state index in [0.29, 0.717) is 0 Å². The Bertz CT molecular complexity index is 487. The molecule has 88 valence electrons. The van der Waals surface area contributed by atoms with Crippen molar-refractivity contribution in [1.29, 1.82) is 0 Å². The molecule has 2 nitrogen and oxygen atoms in total. The van der Waals surface area contributed by atoms with Gasteiger partial charge in [0.05, 0.1) is 0 Å². The number of benzene rings is 1. The lowest BCUT2D eigenvalue weighted by Gasteiger charge is -2.16. The van der Waals surface area contributed by atoms with E-state index in [0.717, 1.165) is 42.6 Å². The summed E-state index contributed by atoms with van der Waals surface area (Å²) in [6.07, 6.45) is 2.26. The first-order valence-electron chi connectivity index (χ1n) is 6.05. The van der Waals surface area contributed by atoms with Crippen LogP contribution in [0.15, 0.2) is 18.2 Å². The normalized spacial score (nSPS) is 14.4. The van der Waals surface area contributed by atoms with Crippen molar-refractivity contribution in [2.75, 3.05) is 13.1 Å². The van der Waals surface area contributed by atoms with E-state index in [9.17, 15) is 4.79 Å². The monoisotopic (exact) mass is 227 g/mol. The van der Waals surface area contributed by atoms with Crippen LogP contribution in [0.2, 0.25) is 0 Å². The minimum atomic E-state index is 0.163. The van der Waals surface area contributed by atoms with Crippen molar-refractivity contribution in [3.63, 3.8) is 0 Å². The van der Waals surface area contributed by atoms with E-state index in [1.165, 1.54) is 0 Å². The highest BCUT2D eigenvalue weighted by molar-refractivity contribution is 5.95. The molecule has 0 atom stereocenters. The Morgan fingerprint density at radius 1 is 1.29 bits per heavy atom. The molecule has 2 heteroatoms. The Kier molecular flexibility index (Phi) is 3.49. The van der Waals surface area contributed by atoms with E-state index in [2.05, 4.69) is 11.8 Å². The van der Waals surface area contributed by atoms with Gasteiger partial charge >= 0.3 is 0 Å². The molecule has 0 bridgehead atoms. The fourth-order valence-corrected chi connectivity index (χ4v) is 2.22. The molecule has 1 amide bonds. The van der Waals surface area contributed by atoms with Gasteiger partial charge < -0.3 is 4.90 Å². The summed E-state index contributed by atoms with van der Waals surface area (Å²) >= 11 is 0. The largest absolute Gasteiger partial charge is 0.339 e. The molecular formula is C15H17NO. The van der Waals surface area contributed by atoms with Crippen molar-refractivity contribution in [3.8, 4) is 11.8 Å². The third-order valence-corrected chi connectivity index (χ3v) is 3.12. The van der Waals surface area contributed by atoms with Crippen LogP contribution in [0.5, 0.6) is 0 Å². The van der Waals surface area contributed by atoms with Gasteiger partial charge in [0.25, 0.3) is 5.91 Å². The Morgan fingerprint density at radius 2 is 2.00 bits per heavy atom. The molecule has 1 aliphatic rings. The van der Waals surface area contributed by atoms with Crippen molar-refractivity contribution < 1.29 is 4.79 Å². The minimum absolute atomic E-state index is 0.163. The lowest BCUT2D eigenvalue weighted by Crippen LogP contribution is -2.28. The van der Waals surface area contributed by atoms with Gasteiger partial charge in [-0.3, -0.25) is 4.79 Å². The molecule has 0 aliphatic carbocycles. The predicted molar refractivity (Wildman–Crippen MR) is 68.9 cm³/mol. The Labute approximate surface area is 103 Å². The topological polar surface area (TPSA) is 20.3 Å². The molecule has 1 aromatic carbocycles. The lowest BCUT2D eigenvalue weighted by molar-refractivity contribution is 0.0792. The van der Waals surface area contributed by atoms with Crippen molar-refractivity contribution >= 4 is 5.91 Å². The summed E-state index contributed by atoms with van der Waals surface area (Å²) < 4.78 is 0. The van der Waals surface area contributed by atoms with Crippen LogP contribution >= 0.6 is 0 Å². The molecule has 2 rings (SSSR count). The highest BCUT2D eigenvalue weighted by Gasteiger charge is 2.20. The molecule has 1 aliphatic heterocycles. The van der Waals surface area contributed by atoms with Gasteiger partial charge in [-0.2, -0.15) is 0 Å². The molecule has 0 unspecified atom stereocenters. The van der Waals surface area contributed by atoms with E-state index < -0.39 is 0 Å². The smallest absolute Gasteiger partial charge is 0.254 e. The molecular weight excluding hydrogens is 210 g/mol. The number of aryl methyl sites for hydroxylation is 1. The van der Waals surface area contributed by atoms with Gasteiger partial charge in [0.2, 0.25) is 0 Å². The Morgan fingerprint density at radius 3 is 2.59 bits per heavy atom. The molecule has 0 aromatic heterocycles. The van der Waals surface area contributed by atoms with Crippen molar-refractivity contribution in [1.82, 2.24) is 4.90 Å². The zero-order valence-corrected chi connectivity index (χ0v) is 10.4. The van der Waals surface area contributed by atoms with Gasteiger partial charge in [-0.05, 0) is 50.5 Å². The second-order valence-corrected chi connectivity index (χ2v) is 4.40. The predicted octanol–water partition coefficient (Wildman–Crippen LogP) is 2.60. The Balaban J connectivity index is 2.25. The molecule has 0 spiro atoms. The summed E-state index contributed by atoms with van der Waals surface area (Å²) in [5, 5.41) is 0. The van der Waals surface area contributed by atoms with E-state index in [1.807, 2.05) is 36.9 Å². The van der Waals surface area contributed by atoms with Crippen LogP contribution in [-0.4, -0.2) is 23.9 Å². The average molecular weight is 227 g/mol. The quantitative estimate of drug-likeness (QED) is 0.675. The minimum Gasteiger partial charge on any atom is -0.339 e. The summed E-state index contributed by atoms with van der Waals surface area (Å²) in [6, 6.07) is 5.81. The first-order chi connectivity index (χ1) is 8.22. The number of hydrogen-bond acceptors (Lipinski definition) is 1. The van der Waals surface area contributed by atoms with E-state index in [-0.39, 0.29) is 5.91 Å². The van der Waals surface area contributed by atoms with Gasteiger partial charge in [-0.15, -0.1) is 5.92 Å². The Hall–Kier alpha value is -1.75. The van der Waals surface area contributed by atoms with Crippen LogP contribution in [0.1, 0.15) is 41.3 Å². The van der Waals surface area contributed by atoms with Crippen LogP contribution < -0.4 is 0 Å². The van der Waals surface area contributed by atoms with E-state index >= 15 is 0 Å². The molecule has 17 heavy (non-hydrogen) atoms. The first kappa shape index (κ1) is 11.7. The van der Waals surface area contributed by atoms with Crippen LogP contribution in [0.3, 0.4) is 0 Å². The van der Waals surface area contributed by atoms with Gasteiger partial charge in [0.15, 0.2) is 0 Å². The third kappa shape index (κ3) is 2.50. The van der Waals surface area contributed by atoms with Crippen LogP contribution in [0.4, 0.5) is 0 Å². The maximum Gasteiger partial charge on any atom is 0.254 e. The number of rotatable bonds is 1. The maximum atomic E-state index is 12.2. The van der Waals surface area contributed by atoms with Gasteiger partial charge in [0, 0.05) is 24.2 Å². The number of amides is 1. The second-order valence-electron chi connectivity index (χ2n) is 4.40. The van der Waals surface area contributed by atoms with Crippen LogP contribution in [0, 0.1) is 18.8 Å². The summed E-state index contributed by atoms with van der Waals surface area (Å²) in [5.41, 5.74) is 2.80. The van der Waals surface area contributed by atoms with Crippen LogP contribution in [0.25, 0.3) is 0 Å². The molecule has 0 N–H and O–H groups in total. The van der Waals surface area contributed by atoms with E-state index in [1.54, 1.807) is 0 Å². The SMILES string of the molecule is CC#Cc1ccc(C(=O)N2CCCC2)c(C)c1. The summed E-state index contributed by atoms with van der Waals surface area (Å²) in [7, 11) is 0. The molecule has 1 fully saturated rings. The number of hydrogen-bond donors (Lipinski definition) is 0. The zero-order valence-electron chi connectivity index (χ0n) is 10.4. The fourth-order valence-electron chi connectivity index (χ4n) is 2.22. The van der Waals surface area contributed by atoms with Crippen molar-refractivity contribution in [3.05, 3.63) is 34.9 Å². The third-order valence-electron chi connectivity index (χ3n) is 3.12. The van der Waals surface area contributed by atoms with Gasteiger partial charge in [-0.25, -0.2) is 0 Å². The van der Waals surface area contributed by atoms with E-state index in [4.69, 9.17) is 0 Å². The summed E-state index contributed by atoms with van der Waals surface area (Å²) in [5.74, 6) is 6.04. The molecule has 0 saturated carbocycles. The summed E-state index contributed by atoms with van der Waals surface area (Å²) in [4.78, 5) is 14.2. The number of carbonyl (C=O) groups excluding carboxylic acids is 1. The average Bonchev–Trinajstić information content (AvgIpc) is 2.82. The lowest BCUT2D eigenvalue weighted by atomic mass is 10.0. The van der Waals surface area contributed by atoms with Crippen molar-refractivity contribution in [2.45, 2.75) is 26.7 Å². The summed E-state index contributed by atoms with van der Waals surface area (Å²) in [6.45, 7) is 5.59. The number of carbonyl (C=O) groups is 1. The highest BCUT2D eigenvalue weighted by Crippen LogP contribution is 2.16. The van der Waals surface area contributed by atoms with Crippen molar-refractivity contribution in [2.24, 2.45) is 0 Å². The fraction of sp³-hybridized carbons (Fsp3) is 0.400. The van der Waals surface area contributed by atoms with Crippen LogP contribution in [-0.2, 0) is 0 Å². The second kappa shape index (κ2) is 5.05. The highest BCUT2D eigenvalue weighted by atomic mass is 16.2. The maximum absolute atomic E-state index is 12.2. The molecule has 1 saturated heterocycles. The zero-order chi connectivity index (χ0) is 12.3. The van der Waals surface area contributed by atoms with Gasteiger partial charge in [-0.1, -0.05) is 5.92 Å². The number of likely N-dealkylation sites (tertiary alicyclic amines) is 1. The molecule has 1 heterocycles. The number of nitrogens with zero attached hydrogens (tertiary/aromatic N) is 1. The molecule has 0 radical (unpaired) electrons. The first-order valence-corrected chi connectivity index (χ1v) is 6.05. The van der Waals surface area contributed by atoms with Gasteiger partial charge in [0.1, 0.15) is 0 Å². The molecule has 1 aromatic rings. The standard InChI is InChI=1S/C15H17NO/c1-3-6-13-7-8-14(12(2)11-13)15(17)16-9-4-5-10-16/h7-8,11H,4-5,9-10H2,1-2H3.